The molecule has 6 heteroatoms. The van der Waals surface area contributed by atoms with Crippen molar-refractivity contribution >= 4 is 17.2 Å². The number of nitrogens with zero attached hydrogens (tertiary/aromatic N) is 2. The molecule has 20 heavy (non-hydrogen) atoms. The maximum atomic E-state index is 5.83. The van der Waals surface area contributed by atoms with Crippen LogP contribution in [0.4, 0.5) is 0 Å². The van der Waals surface area contributed by atoms with E-state index in [9.17, 15) is 0 Å². The van der Waals surface area contributed by atoms with Gasteiger partial charge in [0, 0.05) is 40.0 Å². The first kappa shape index (κ1) is 15.3. The van der Waals surface area contributed by atoms with E-state index < -0.39 is 5.60 Å². The van der Waals surface area contributed by atoms with E-state index in [0.717, 1.165) is 32.0 Å². The fraction of sp³-hybridized carbons (Fsp3) is 0.571. The van der Waals surface area contributed by atoms with Gasteiger partial charge in [0.1, 0.15) is 4.99 Å². The van der Waals surface area contributed by atoms with Gasteiger partial charge in [-0.15, -0.1) is 0 Å². The molecule has 0 bridgehead atoms. The number of methoxy groups -OCH3 is 1. The SMILES string of the molecule is CNC(=S)C(CN1CCOCC1)(OC)c1ccccn1. The predicted octanol–water partition coefficient (Wildman–Crippen LogP) is 0.802. The molecule has 0 radical (unpaired) electrons. The third kappa shape index (κ3) is 3.15. The van der Waals surface area contributed by atoms with Crippen LogP contribution in [0.1, 0.15) is 5.69 Å². The van der Waals surface area contributed by atoms with Gasteiger partial charge in [0.2, 0.25) is 0 Å². The number of ether oxygens (including phenoxy) is 2. The van der Waals surface area contributed by atoms with E-state index in [1.807, 2.05) is 25.2 Å². The van der Waals surface area contributed by atoms with Crippen LogP contribution in [0.25, 0.3) is 0 Å². The highest BCUT2D eigenvalue weighted by Gasteiger charge is 2.40. The maximum absolute atomic E-state index is 5.83. The zero-order valence-electron chi connectivity index (χ0n) is 12.0. The highest BCUT2D eigenvalue weighted by atomic mass is 32.1. The van der Waals surface area contributed by atoms with Gasteiger partial charge in [-0.05, 0) is 12.1 Å². The van der Waals surface area contributed by atoms with Gasteiger partial charge in [-0.2, -0.15) is 0 Å². The van der Waals surface area contributed by atoms with Crippen molar-refractivity contribution in [3.63, 3.8) is 0 Å². The van der Waals surface area contributed by atoms with Crippen molar-refractivity contribution in [2.45, 2.75) is 5.60 Å². The molecule has 110 valence electrons. The smallest absolute Gasteiger partial charge is 0.172 e. The Morgan fingerprint density at radius 1 is 1.50 bits per heavy atom. The molecule has 2 rings (SSSR count). The number of pyridine rings is 1. The van der Waals surface area contributed by atoms with Crippen LogP contribution < -0.4 is 5.32 Å². The fourth-order valence-corrected chi connectivity index (χ4v) is 2.66. The lowest BCUT2D eigenvalue weighted by Crippen LogP contribution is -2.53. The molecule has 1 aromatic heterocycles. The van der Waals surface area contributed by atoms with Crippen molar-refractivity contribution in [3.8, 4) is 0 Å². The zero-order valence-corrected chi connectivity index (χ0v) is 12.8. The average Bonchev–Trinajstić information content (AvgIpc) is 2.53. The van der Waals surface area contributed by atoms with Crippen LogP contribution in [0.3, 0.4) is 0 Å². The van der Waals surface area contributed by atoms with Crippen molar-refractivity contribution in [1.82, 2.24) is 15.2 Å². The third-order valence-corrected chi connectivity index (χ3v) is 4.10. The van der Waals surface area contributed by atoms with Crippen molar-refractivity contribution in [3.05, 3.63) is 30.1 Å². The summed E-state index contributed by atoms with van der Waals surface area (Å²) in [6.07, 6.45) is 1.76. The maximum Gasteiger partial charge on any atom is 0.172 e. The first-order valence-corrected chi connectivity index (χ1v) is 7.12. The van der Waals surface area contributed by atoms with Crippen molar-refractivity contribution in [2.24, 2.45) is 0 Å². The van der Waals surface area contributed by atoms with Gasteiger partial charge in [0.05, 0.1) is 18.9 Å². The molecule has 1 aromatic rings. The number of nitrogens with one attached hydrogen (secondary N) is 1. The molecule has 5 nitrogen and oxygen atoms in total. The topological polar surface area (TPSA) is 46.6 Å². The Balaban J connectivity index is 2.29. The number of rotatable bonds is 5. The first-order valence-electron chi connectivity index (χ1n) is 6.72. The molecule has 1 fully saturated rings. The quantitative estimate of drug-likeness (QED) is 0.811. The van der Waals surface area contributed by atoms with E-state index in [2.05, 4.69) is 15.2 Å². The molecule has 1 unspecified atom stereocenters. The van der Waals surface area contributed by atoms with Crippen LogP contribution in [-0.2, 0) is 15.1 Å². The number of hydrogen-bond acceptors (Lipinski definition) is 5. The van der Waals surface area contributed by atoms with E-state index in [1.54, 1.807) is 13.3 Å². The number of thiocarbonyl (C=S) groups is 1. The predicted molar refractivity (Wildman–Crippen MR) is 81.8 cm³/mol. The minimum absolute atomic E-state index is 0.644. The fourth-order valence-electron chi connectivity index (χ4n) is 2.41. The Hall–Kier alpha value is -1.08. The van der Waals surface area contributed by atoms with Gasteiger partial charge < -0.3 is 14.8 Å². The van der Waals surface area contributed by atoms with Gasteiger partial charge in [-0.3, -0.25) is 9.88 Å². The summed E-state index contributed by atoms with van der Waals surface area (Å²) in [7, 11) is 3.50. The standard InChI is InChI=1S/C14H21N3O2S/c1-15-13(20)14(18-2,12-5-3-4-6-16-12)11-17-7-9-19-10-8-17/h3-6H,7-11H2,1-2H3,(H,15,20). The van der Waals surface area contributed by atoms with Gasteiger partial charge in [-0.1, -0.05) is 18.3 Å². The molecule has 0 saturated carbocycles. The number of likely N-dealkylation sites (N-methyl/N-ethyl adjacent to an activating group) is 1. The average molecular weight is 295 g/mol. The molecule has 1 saturated heterocycles. The largest absolute Gasteiger partial charge is 0.380 e. The first-order chi connectivity index (χ1) is 9.73. The zero-order chi connectivity index (χ0) is 14.4. The Kier molecular flexibility index (Phi) is 5.42. The molecule has 1 aliphatic rings. The molecule has 0 amide bonds. The van der Waals surface area contributed by atoms with Crippen molar-refractivity contribution < 1.29 is 9.47 Å². The molecule has 1 N–H and O–H groups in total. The molecule has 0 aliphatic carbocycles. The van der Waals surface area contributed by atoms with Crippen LogP contribution in [0.5, 0.6) is 0 Å². The molecule has 1 aliphatic heterocycles. The molecule has 1 atom stereocenters. The number of aromatic nitrogens is 1. The van der Waals surface area contributed by atoms with Gasteiger partial charge in [-0.25, -0.2) is 0 Å². The van der Waals surface area contributed by atoms with Crippen LogP contribution in [0, 0.1) is 0 Å². The molecule has 2 heterocycles. The second kappa shape index (κ2) is 7.08. The van der Waals surface area contributed by atoms with E-state index in [-0.39, 0.29) is 0 Å². The van der Waals surface area contributed by atoms with Crippen LogP contribution in [0.15, 0.2) is 24.4 Å². The van der Waals surface area contributed by atoms with Crippen molar-refractivity contribution in [1.29, 1.82) is 0 Å². The Morgan fingerprint density at radius 3 is 2.80 bits per heavy atom. The van der Waals surface area contributed by atoms with Gasteiger partial charge >= 0.3 is 0 Å². The number of morpholine rings is 1. The summed E-state index contributed by atoms with van der Waals surface area (Å²) in [5, 5.41) is 3.05. The van der Waals surface area contributed by atoms with Gasteiger partial charge in [0.25, 0.3) is 0 Å². The van der Waals surface area contributed by atoms with Crippen LogP contribution in [-0.4, -0.2) is 61.9 Å². The summed E-state index contributed by atoms with van der Waals surface area (Å²) in [6, 6.07) is 5.79. The highest BCUT2D eigenvalue weighted by molar-refractivity contribution is 7.80. The molecule has 0 aromatic carbocycles. The van der Waals surface area contributed by atoms with Crippen LogP contribution >= 0.6 is 12.2 Å². The number of hydrogen-bond donors (Lipinski definition) is 1. The Bertz CT molecular complexity index is 437. The van der Waals surface area contributed by atoms with Gasteiger partial charge in [0.15, 0.2) is 5.60 Å². The molecular weight excluding hydrogens is 274 g/mol. The summed E-state index contributed by atoms with van der Waals surface area (Å²) < 4.78 is 11.2. The summed E-state index contributed by atoms with van der Waals surface area (Å²) in [5.74, 6) is 0. The monoisotopic (exact) mass is 295 g/mol. The minimum atomic E-state index is -0.720. The third-order valence-electron chi connectivity index (χ3n) is 3.57. The van der Waals surface area contributed by atoms with Crippen LogP contribution in [0.2, 0.25) is 0 Å². The van der Waals surface area contributed by atoms with Crippen molar-refractivity contribution in [2.75, 3.05) is 47.0 Å². The molecular formula is C14H21N3O2S. The van der Waals surface area contributed by atoms with E-state index in [0.29, 0.717) is 11.5 Å². The second-order valence-electron chi connectivity index (χ2n) is 4.71. The highest BCUT2D eigenvalue weighted by Crippen LogP contribution is 2.26. The summed E-state index contributed by atoms with van der Waals surface area (Å²) >= 11 is 5.50. The lowest BCUT2D eigenvalue weighted by molar-refractivity contribution is -0.0252. The Morgan fingerprint density at radius 2 is 2.25 bits per heavy atom. The Labute approximate surface area is 125 Å². The van der Waals surface area contributed by atoms with E-state index in [4.69, 9.17) is 21.7 Å². The summed E-state index contributed by atoms with van der Waals surface area (Å²) in [4.78, 5) is 7.39. The summed E-state index contributed by atoms with van der Waals surface area (Å²) in [5.41, 5.74) is 0.108. The normalized spacial score (nSPS) is 19.3. The molecule has 0 spiro atoms. The van der Waals surface area contributed by atoms with E-state index in [1.165, 1.54) is 0 Å². The summed E-state index contributed by atoms with van der Waals surface area (Å²) in [6.45, 7) is 3.92. The lowest BCUT2D eigenvalue weighted by Gasteiger charge is -2.38. The van der Waals surface area contributed by atoms with E-state index >= 15 is 0 Å². The second-order valence-corrected chi connectivity index (χ2v) is 5.12. The minimum Gasteiger partial charge on any atom is -0.380 e. The lowest BCUT2D eigenvalue weighted by atomic mass is 9.97.